The lowest BCUT2D eigenvalue weighted by atomic mass is 9.92. The molecule has 1 saturated carbocycles. The molecule has 0 unspecified atom stereocenters. The molecule has 1 fully saturated rings. The van der Waals surface area contributed by atoms with Crippen LogP contribution in [0.25, 0.3) is 10.9 Å². The maximum absolute atomic E-state index is 12.7. The number of amides is 1. The van der Waals surface area contributed by atoms with Gasteiger partial charge in [0.25, 0.3) is 5.91 Å². The van der Waals surface area contributed by atoms with Crippen molar-refractivity contribution in [3.8, 4) is 0 Å². The van der Waals surface area contributed by atoms with Crippen molar-refractivity contribution in [2.45, 2.75) is 37.8 Å². The number of benzene rings is 1. The number of hydrogen-bond donors (Lipinski definition) is 1. The van der Waals surface area contributed by atoms with E-state index in [1.807, 2.05) is 18.2 Å². The summed E-state index contributed by atoms with van der Waals surface area (Å²) in [5, 5.41) is 4.24. The van der Waals surface area contributed by atoms with Crippen molar-refractivity contribution >= 4 is 44.3 Å². The van der Waals surface area contributed by atoms with Crippen LogP contribution in [0.4, 0.5) is 0 Å². The number of halogens is 2. The number of aromatic nitrogens is 1. The van der Waals surface area contributed by atoms with E-state index in [0.29, 0.717) is 22.3 Å². The van der Waals surface area contributed by atoms with Gasteiger partial charge in [0.1, 0.15) is 5.15 Å². The molecule has 1 aromatic heterocycles. The summed E-state index contributed by atoms with van der Waals surface area (Å²) in [4.78, 5) is 17.0. The van der Waals surface area contributed by atoms with E-state index in [1.165, 1.54) is 0 Å². The predicted octanol–water partition coefficient (Wildman–Crippen LogP) is 4.34. The second-order valence-corrected chi connectivity index (χ2v) is 7.05. The molecule has 3 rings (SSSR count). The minimum absolute atomic E-state index is 0.0988. The van der Waals surface area contributed by atoms with Gasteiger partial charge >= 0.3 is 0 Å². The van der Waals surface area contributed by atoms with Crippen molar-refractivity contribution in [1.82, 2.24) is 10.3 Å². The maximum atomic E-state index is 12.7. The van der Waals surface area contributed by atoms with Gasteiger partial charge in [-0.1, -0.05) is 23.7 Å². The van der Waals surface area contributed by atoms with Gasteiger partial charge in [-0.15, -0.1) is 0 Å². The third kappa shape index (κ3) is 3.67. The lowest BCUT2D eigenvalue weighted by Crippen LogP contribution is -2.39. The van der Waals surface area contributed by atoms with Crippen LogP contribution in [-0.2, 0) is 4.74 Å². The Morgan fingerprint density at radius 2 is 2.09 bits per heavy atom. The normalized spacial score (nSPS) is 21.3. The summed E-state index contributed by atoms with van der Waals surface area (Å²) in [7, 11) is 1.74. The van der Waals surface area contributed by atoms with E-state index in [2.05, 4.69) is 26.2 Å². The van der Waals surface area contributed by atoms with Gasteiger partial charge in [0.05, 0.1) is 17.2 Å². The molecule has 1 aromatic carbocycles. The number of hydrogen-bond acceptors (Lipinski definition) is 3. The smallest absolute Gasteiger partial charge is 0.252 e. The highest BCUT2D eigenvalue weighted by Gasteiger charge is 2.23. The molecule has 4 nitrogen and oxygen atoms in total. The minimum Gasteiger partial charge on any atom is -0.381 e. The Balaban J connectivity index is 1.83. The third-order valence-electron chi connectivity index (χ3n) is 4.35. The average Bonchev–Trinajstić information content (AvgIpc) is 2.56. The van der Waals surface area contributed by atoms with Crippen LogP contribution in [0.1, 0.15) is 36.0 Å². The van der Waals surface area contributed by atoms with Crippen LogP contribution in [0.15, 0.2) is 28.7 Å². The first-order chi connectivity index (χ1) is 11.1. The number of nitrogens with one attached hydrogen (secondary N) is 1. The first-order valence-electron chi connectivity index (χ1n) is 7.67. The summed E-state index contributed by atoms with van der Waals surface area (Å²) >= 11 is 9.55. The van der Waals surface area contributed by atoms with Crippen LogP contribution in [-0.4, -0.2) is 30.1 Å². The van der Waals surface area contributed by atoms with Gasteiger partial charge in [0.15, 0.2) is 0 Å². The molecule has 1 aliphatic rings. The second-order valence-electron chi connectivity index (χ2n) is 5.81. The van der Waals surface area contributed by atoms with Gasteiger partial charge in [0, 0.05) is 23.0 Å². The zero-order chi connectivity index (χ0) is 16.4. The molecule has 2 aromatic rings. The van der Waals surface area contributed by atoms with Crippen molar-refractivity contribution in [3.05, 3.63) is 39.5 Å². The number of fused-ring (bicyclic) bond motifs is 1. The van der Waals surface area contributed by atoms with Crippen molar-refractivity contribution in [2.75, 3.05) is 7.11 Å². The summed E-state index contributed by atoms with van der Waals surface area (Å²) in [5.41, 5.74) is 1.27. The molecule has 0 saturated heterocycles. The lowest BCUT2D eigenvalue weighted by molar-refractivity contribution is 0.0599. The Morgan fingerprint density at radius 1 is 1.35 bits per heavy atom. The summed E-state index contributed by atoms with van der Waals surface area (Å²) < 4.78 is 6.20. The molecule has 23 heavy (non-hydrogen) atoms. The van der Waals surface area contributed by atoms with Crippen molar-refractivity contribution in [3.63, 3.8) is 0 Å². The Labute approximate surface area is 148 Å². The molecule has 0 aliphatic heterocycles. The quantitative estimate of drug-likeness (QED) is 0.784. The molecular formula is C17H18BrClN2O2. The van der Waals surface area contributed by atoms with Gasteiger partial charge < -0.3 is 10.1 Å². The fourth-order valence-electron chi connectivity index (χ4n) is 3.08. The monoisotopic (exact) mass is 396 g/mol. The van der Waals surface area contributed by atoms with Crippen molar-refractivity contribution in [2.24, 2.45) is 0 Å². The molecule has 1 amide bonds. The van der Waals surface area contributed by atoms with Crippen LogP contribution >= 0.6 is 27.5 Å². The highest BCUT2D eigenvalue weighted by molar-refractivity contribution is 9.10. The summed E-state index contributed by atoms with van der Waals surface area (Å²) in [6.45, 7) is 0. The molecule has 1 aliphatic carbocycles. The van der Waals surface area contributed by atoms with Gasteiger partial charge in [-0.25, -0.2) is 4.98 Å². The Hall–Kier alpha value is -1.17. The maximum Gasteiger partial charge on any atom is 0.252 e. The molecule has 0 radical (unpaired) electrons. The second kappa shape index (κ2) is 7.16. The van der Waals surface area contributed by atoms with Crippen molar-refractivity contribution in [1.29, 1.82) is 0 Å². The fraction of sp³-hybridized carbons (Fsp3) is 0.412. The Bertz CT molecular complexity index is 730. The molecule has 6 heteroatoms. The topological polar surface area (TPSA) is 51.2 Å². The number of para-hydroxylation sites is 1. The highest BCUT2D eigenvalue weighted by atomic mass is 79.9. The highest BCUT2D eigenvalue weighted by Crippen LogP contribution is 2.28. The van der Waals surface area contributed by atoms with E-state index >= 15 is 0 Å². The van der Waals surface area contributed by atoms with E-state index < -0.39 is 0 Å². The fourth-order valence-corrected chi connectivity index (χ4v) is 3.72. The largest absolute Gasteiger partial charge is 0.381 e. The molecule has 0 atom stereocenters. The summed E-state index contributed by atoms with van der Waals surface area (Å²) in [5.74, 6) is -0.0988. The van der Waals surface area contributed by atoms with Gasteiger partial charge in [-0.3, -0.25) is 4.79 Å². The van der Waals surface area contributed by atoms with Crippen LogP contribution in [0.5, 0.6) is 0 Å². The number of rotatable bonds is 3. The Morgan fingerprint density at radius 3 is 2.78 bits per heavy atom. The summed E-state index contributed by atoms with van der Waals surface area (Å²) in [6, 6.07) is 7.48. The van der Waals surface area contributed by atoms with E-state index in [0.717, 1.165) is 35.5 Å². The molecular weight excluding hydrogens is 380 g/mol. The number of ether oxygens (including phenoxy) is 1. The number of methoxy groups -OCH3 is 1. The summed E-state index contributed by atoms with van der Waals surface area (Å²) in [6.07, 6.45) is 4.14. The van der Waals surface area contributed by atoms with Crippen LogP contribution in [0.3, 0.4) is 0 Å². The van der Waals surface area contributed by atoms with Gasteiger partial charge in [0.2, 0.25) is 0 Å². The average molecular weight is 398 g/mol. The lowest BCUT2D eigenvalue weighted by Gasteiger charge is -2.28. The first-order valence-corrected chi connectivity index (χ1v) is 8.84. The molecule has 0 spiro atoms. The van der Waals surface area contributed by atoms with Crippen LogP contribution in [0, 0.1) is 0 Å². The van der Waals surface area contributed by atoms with Gasteiger partial charge in [-0.05, 0) is 53.7 Å². The number of nitrogens with zero attached hydrogens (tertiary/aromatic N) is 1. The zero-order valence-electron chi connectivity index (χ0n) is 12.8. The van der Waals surface area contributed by atoms with E-state index in [1.54, 1.807) is 13.2 Å². The van der Waals surface area contributed by atoms with Crippen molar-refractivity contribution < 1.29 is 9.53 Å². The molecule has 1 heterocycles. The molecule has 1 N–H and O–H groups in total. The Kier molecular flexibility index (Phi) is 5.19. The van der Waals surface area contributed by atoms with E-state index in [9.17, 15) is 4.79 Å². The predicted molar refractivity (Wildman–Crippen MR) is 95.0 cm³/mol. The third-order valence-corrected chi connectivity index (χ3v) is 5.18. The van der Waals surface area contributed by atoms with Crippen LogP contribution in [0.2, 0.25) is 5.15 Å². The first kappa shape index (κ1) is 16.7. The number of carbonyl (C=O) groups is 1. The van der Waals surface area contributed by atoms with E-state index in [-0.39, 0.29) is 11.9 Å². The van der Waals surface area contributed by atoms with Gasteiger partial charge in [-0.2, -0.15) is 0 Å². The number of carbonyl (C=O) groups excluding carboxylic acids is 1. The SMILES string of the molecule is CO[C@H]1CC[C@H](NC(=O)c2cc(Cl)nc3c(Br)cccc23)CC1. The zero-order valence-corrected chi connectivity index (χ0v) is 15.2. The molecule has 122 valence electrons. The van der Waals surface area contributed by atoms with Crippen LogP contribution < -0.4 is 5.32 Å². The molecule has 0 bridgehead atoms. The van der Waals surface area contributed by atoms with E-state index in [4.69, 9.17) is 16.3 Å². The standard InChI is InChI=1S/C17H18BrClN2O2/c1-23-11-7-5-10(6-8-11)20-17(22)13-9-15(19)21-16-12(13)3-2-4-14(16)18/h2-4,9-11H,5-8H2,1H3,(H,20,22)/t10-,11-. The minimum atomic E-state index is -0.0988. The number of pyridine rings is 1.